The van der Waals surface area contributed by atoms with Crippen molar-refractivity contribution in [2.24, 2.45) is 4.99 Å². The number of carbonyl (C=O) groups is 1. The van der Waals surface area contributed by atoms with E-state index in [2.05, 4.69) is 24.0 Å². The summed E-state index contributed by atoms with van der Waals surface area (Å²) < 4.78 is 13.6. The van der Waals surface area contributed by atoms with Crippen molar-refractivity contribution in [3.8, 4) is 0 Å². The second kappa shape index (κ2) is 8.65. The lowest BCUT2D eigenvalue weighted by molar-refractivity contribution is -0.113. The summed E-state index contributed by atoms with van der Waals surface area (Å²) in [4.78, 5) is 23.8. The number of para-hydroxylation sites is 1. The highest BCUT2D eigenvalue weighted by molar-refractivity contribution is 8.20. The van der Waals surface area contributed by atoms with Crippen molar-refractivity contribution in [2.75, 3.05) is 16.3 Å². The van der Waals surface area contributed by atoms with Crippen LogP contribution in [0.2, 0.25) is 5.02 Å². The van der Waals surface area contributed by atoms with Crippen molar-refractivity contribution in [1.29, 1.82) is 0 Å². The Morgan fingerprint density at radius 1 is 1.00 bits per heavy atom. The summed E-state index contributed by atoms with van der Waals surface area (Å²) >= 11 is 9.04. The average Bonchev–Trinajstić information content (AvgIpc) is 3.31. The first-order chi connectivity index (χ1) is 15.5. The van der Waals surface area contributed by atoms with Gasteiger partial charge in [-0.15, -0.1) is 0 Å². The molecule has 2 aliphatic rings. The minimum atomic E-state index is -0.362. The SMILES string of the molecule is CCN1/C(=C2/SC(=Nc3cccc(Cl)c3)N(c3ccc(F)cc3)C2=O)Sc2ccccc21. The lowest BCUT2D eigenvalue weighted by Gasteiger charge is -2.19. The molecular weight excluding hydrogens is 465 g/mol. The number of halogens is 2. The van der Waals surface area contributed by atoms with E-state index in [1.54, 1.807) is 36.0 Å². The van der Waals surface area contributed by atoms with Crippen LogP contribution < -0.4 is 9.80 Å². The molecule has 3 aromatic rings. The van der Waals surface area contributed by atoms with Gasteiger partial charge in [0.2, 0.25) is 0 Å². The van der Waals surface area contributed by atoms with Gasteiger partial charge in [-0.1, -0.05) is 41.6 Å². The van der Waals surface area contributed by atoms with Gasteiger partial charge in [0, 0.05) is 16.5 Å². The van der Waals surface area contributed by atoms with E-state index in [0.717, 1.165) is 22.2 Å². The third kappa shape index (κ3) is 3.81. The summed E-state index contributed by atoms with van der Waals surface area (Å²) in [5, 5.41) is 1.94. The number of thioether (sulfide) groups is 2. The lowest BCUT2D eigenvalue weighted by Crippen LogP contribution is -2.29. The Bertz CT molecular complexity index is 1280. The topological polar surface area (TPSA) is 35.9 Å². The minimum Gasteiger partial charge on any atom is -0.334 e. The third-order valence-corrected chi connectivity index (χ3v) is 7.59. The number of rotatable bonds is 3. The van der Waals surface area contributed by atoms with Gasteiger partial charge in [-0.05, 0) is 73.3 Å². The Hall–Kier alpha value is -2.74. The predicted octanol–water partition coefficient (Wildman–Crippen LogP) is 7.05. The van der Waals surface area contributed by atoms with Crippen molar-refractivity contribution in [2.45, 2.75) is 11.8 Å². The van der Waals surface area contributed by atoms with Crippen LogP contribution in [-0.2, 0) is 4.79 Å². The normalized spacial score (nSPS) is 19.2. The molecule has 0 bridgehead atoms. The Morgan fingerprint density at radius 3 is 2.53 bits per heavy atom. The number of aliphatic imine (C=N–C) groups is 1. The number of amidine groups is 1. The molecule has 32 heavy (non-hydrogen) atoms. The molecule has 1 amide bonds. The minimum absolute atomic E-state index is 0.184. The van der Waals surface area contributed by atoms with E-state index in [9.17, 15) is 9.18 Å². The van der Waals surface area contributed by atoms with Gasteiger partial charge in [-0.3, -0.25) is 9.69 Å². The highest BCUT2D eigenvalue weighted by Crippen LogP contribution is 2.51. The van der Waals surface area contributed by atoms with E-state index >= 15 is 0 Å². The first-order valence-corrected chi connectivity index (χ1v) is 12.0. The molecule has 4 nitrogen and oxygen atoms in total. The molecule has 0 N–H and O–H groups in total. The van der Waals surface area contributed by atoms with Gasteiger partial charge in [-0.2, -0.15) is 0 Å². The van der Waals surface area contributed by atoms with Crippen molar-refractivity contribution >= 4 is 63.3 Å². The van der Waals surface area contributed by atoms with E-state index in [4.69, 9.17) is 16.6 Å². The Balaban J connectivity index is 1.63. The molecule has 0 aliphatic carbocycles. The van der Waals surface area contributed by atoms with Gasteiger partial charge >= 0.3 is 0 Å². The zero-order valence-electron chi connectivity index (χ0n) is 17.0. The van der Waals surface area contributed by atoms with Gasteiger partial charge in [0.1, 0.15) is 15.8 Å². The Morgan fingerprint density at radius 2 is 1.78 bits per heavy atom. The summed E-state index contributed by atoms with van der Waals surface area (Å²) in [5.41, 5.74) is 2.29. The van der Waals surface area contributed by atoms with Gasteiger partial charge in [-0.25, -0.2) is 9.38 Å². The van der Waals surface area contributed by atoms with Crippen LogP contribution in [0.4, 0.5) is 21.5 Å². The molecule has 0 spiro atoms. The maximum absolute atomic E-state index is 13.7. The fraction of sp³-hybridized carbons (Fsp3) is 0.0833. The number of nitrogens with zero attached hydrogens (tertiary/aromatic N) is 3. The predicted molar refractivity (Wildman–Crippen MR) is 132 cm³/mol. The molecule has 0 unspecified atom stereocenters. The fourth-order valence-corrected chi connectivity index (χ4v) is 6.15. The molecule has 2 aliphatic heterocycles. The molecule has 3 aromatic carbocycles. The largest absolute Gasteiger partial charge is 0.334 e. The molecule has 1 fully saturated rings. The van der Waals surface area contributed by atoms with Crippen LogP contribution in [0, 0.1) is 5.82 Å². The standard InChI is InChI=1S/C24H17ClFN3OS2/c1-2-28-19-8-3-4-9-20(19)31-23(28)21-22(30)29(18-12-10-16(26)11-13-18)24(32-21)27-17-7-5-6-15(25)14-17/h3-14H,2H2,1H3/b23-21-,27-24?. The summed E-state index contributed by atoms with van der Waals surface area (Å²) in [6.07, 6.45) is 0. The van der Waals surface area contributed by atoms with Gasteiger partial charge in [0.05, 0.1) is 17.1 Å². The number of hydrogen-bond acceptors (Lipinski definition) is 5. The molecular formula is C24H17ClFN3OS2. The second-order valence-electron chi connectivity index (χ2n) is 7.04. The van der Waals surface area contributed by atoms with E-state index in [0.29, 0.717) is 26.5 Å². The van der Waals surface area contributed by atoms with Crippen molar-refractivity contribution in [3.05, 3.63) is 93.6 Å². The van der Waals surface area contributed by atoms with Gasteiger partial charge < -0.3 is 4.90 Å². The van der Waals surface area contributed by atoms with Crippen molar-refractivity contribution in [3.63, 3.8) is 0 Å². The Labute approximate surface area is 198 Å². The lowest BCUT2D eigenvalue weighted by atomic mass is 10.2. The summed E-state index contributed by atoms with van der Waals surface area (Å²) in [5.74, 6) is -0.546. The van der Waals surface area contributed by atoms with Crippen LogP contribution in [0.5, 0.6) is 0 Å². The molecule has 0 atom stereocenters. The van der Waals surface area contributed by atoms with Crippen LogP contribution in [0.3, 0.4) is 0 Å². The molecule has 0 radical (unpaired) electrons. The molecule has 0 saturated carbocycles. The number of carbonyl (C=O) groups excluding carboxylic acids is 1. The summed E-state index contributed by atoms with van der Waals surface area (Å²) in [7, 11) is 0. The van der Waals surface area contributed by atoms with Gasteiger partial charge in [0.15, 0.2) is 5.17 Å². The highest BCUT2D eigenvalue weighted by Gasteiger charge is 2.40. The van der Waals surface area contributed by atoms with Crippen molar-refractivity contribution < 1.29 is 9.18 Å². The number of fused-ring (bicyclic) bond motifs is 1. The number of benzene rings is 3. The number of anilines is 2. The number of hydrogen-bond donors (Lipinski definition) is 0. The first kappa shape index (κ1) is 21.1. The maximum Gasteiger partial charge on any atom is 0.274 e. The van der Waals surface area contributed by atoms with Crippen LogP contribution in [0.15, 0.2) is 92.6 Å². The van der Waals surface area contributed by atoms with E-state index < -0.39 is 0 Å². The molecule has 160 valence electrons. The van der Waals surface area contributed by atoms with Crippen LogP contribution in [0.25, 0.3) is 0 Å². The van der Waals surface area contributed by atoms with E-state index in [-0.39, 0.29) is 11.7 Å². The molecule has 0 aromatic heterocycles. The zero-order chi connectivity index (χ0) is 22.2. The average molecular weight is 482 g/mol. The zero-order valence-corrected chi connectivity index (χ0v) is 19.3. The third-order valence-electron chi connectivity index (χ3n) is 5.02. The number of amides is 1. The van der Waals surface area contributed by atoms with Crippen LogP contribution in [-0.4, -0.2) is 17.6 Å². The molecule has 2 heterocycles. The molecule has 1 saturated heterocycles. The van der Waals surface area contributed by atoms with E-state index in [1.807, 2.05) is 24.3 Å². The maximum atomic E-state index is 13.7. The monoisotopic (exact) mass is 481 g/mol. The quantitative estimate of drug-likeness (QED) is 0.375. The van der Waals surface area contributed by atoms with Crippen molar-refractivity contribution in [1.82, 2.24) is 0 Å². The first-order valence-electron chi connectivity index (χ1n) is 9.96. The summed E-state index contributed by atoms with van der Waals surface area (Å²) in [6, 6.07) is 21.1. The fourth-order valence-electron chi connectivity index (χ4n) is 3.57. The molecule has 8 heteroatoms. The van der Waals surface area contributed by atoms with Crippen LogP contribution in [0.1, 0.15) is 6.92 Å². The summed E-state index contributed by atoms with van der Waals surface area (Å²) in [6.45, 7) is 2.79. The molecule has 5 rings (SSSR count). The van der Waals surface area contributed by atoms with E-state index in [1.165, 1.54) is 28.8 Å². The van der Waals surface area contributed by atoms with Gasteiger partial charge in [0.25, 0.3) is 5.91 Å². The second-order valence-corrected chi connectivity index (χ2v) is 9.49. The van der Waals surface area contributed by atoms with Crippen LogP contribution >= 0.6 is 35.1 Å². The smallest absolute Gasteiger partial charge is 0.274 e. The highest BCUT2D eigenvalue weighted by atomic mass is 35.5. The Kier molecular flexibility index (Phi) is 5.71.